The van der Waals surface area contributed by atoms with Crippen LogP contribution in [0, 0.1) is 5.92 Å². The third kappa shape index (κ3) is 4.29. The van der Waals surface area contributed by atoms with Crippen LogP contribution >= 0.6 is 0 Å². The van der Waals surface area contributed by atoms with Gasteiger partial charge in [-0.15, -0.1) is 0 Å². The van der Waals surface area contributed by atoms with Crippen LogP contribution in [0.25, 0.3) is 17.3 Å². The topological polar surface area (TPSA) is 78.0 Å². The van der Waals surface area contributed by atoms with Crippen molar-refractivity contribution >= 4 is 0 Å². The number of nitrogens with one attached hydrogen (secondary N) is 1. The first-order chi connectivity index (χ1) is 12.6. The molecule has 138 valence electrons. The fourth-order valence-electron chi connectivity index (χ4n) is 2.39. The minimum absolute atomic E-state index is 0.263. The first-order valence-corrected chi connectivity index (χ1v) is 8.85. The summed E-state index contributed by atoms with van der Waals surface area (Å²) < 4.78 is 13.2. The van der Waals surface area contributed by atoms with Crippen molar-refractivity contribution in [2.75, 3.05) is 13.7 Å². The van der Waals surface area contributed by atoms with Gasteiger partial charge < -0.3 is 14.6 Å². The summed E-state index contributed by atoms with van der Waals surface area (Å²) >= 11 is 0. The molecule has 0 aliphatic rings. The van der Waals surface area contributed by atoms with E-state index < -0.39 is 0 Å². The Bertz CT molecular complexity index is 826. The van der Waals surface area contributed by atoms with E-state index in [1.165, 1.54) is 0 Å². The first kappa shape index (κ1) is 18.1. The first-order valence-electron chi connectivity index (χ1n) is 8.85. The number of aromatic nitrogens is 4. The number of hydrogen-bond donors (Lipinski definition) is 1. The van der Waals surface area contributed by atoms with E-state index >= 15 is 0 Å². The zero-order valence-electron chi connectivity index (χ0n) is 15.6. The van der Waals surface area contributed by atoms with Gasteiger partial charge in [0, 0.05) is 12.5 Å². The van der Waals surface area contributed by atoms with Crippen LogP contribution in [0.2, 0.25) is 0 Å². The van der Waals surface area contributed by atoms with Crippen LogP contribution in [0.15, 0.2) is 41.1 Å². The summed E-state index contributed by atoms with van der Waals surface area (Å²) in [6.07, 6.45) is 2.54. The second-order valence-electron chi connectivity index (χ2n) is 6.74. The van der Waals surface area contributed by atoms with Crippen molar-refractivity contribution < 1.29 is 9.26 Å². The van der Waals surface area contributed by atoms with Crippen molar-refractivity contribution in [3.8, 4) is 23.0 Å². The summed E-state index contributed by atoms with van der Waals surface area (Å²) in [6, 6.07) is 10.1. The van der Waals surface area contributed by atoms with Gasteiger partial charge in [0.05, 0.1) is 18.5 Å². The van der Waals surface area contributed by atoms with Crippen molar-refractivity contribution in [2.24, 2.45) is 5.92 Å². The molecule has 0 aliphatic heterocycles. The molecule has 3 rings (SSSR count). The van der Waals surface area contributed by atoms with Gasteiger partial charge in [-0.05, 0) is 32.0 Å². The minimum Gasteiger partial charge on any atom is -0.489 e. The Morgan fingerprint density at radius 3 is 2.65 bits per heavy atom. The zero-order chi connectivity index (χ0) is 18.5. The third-order valence-electron chi connectivity index (χ3n) is 3.93. The Balaban J connectivity index is 1.92. The molecule has 26 heavy (non-hydrogen) atoms. The van der Waals surface area contributed by atoms with Gasteiger partial charge >= 0.3 is 0 Å². The van der Waals surface area contributed by atoms with Crippen LogP contribution in [0.3, 0.4) is 0 Å². The highest BCUT2D eigenvalue weighted by Gasteiger charge is 2.20. The van der Waals surface area contributed by atoms with Crippen molar-refractivity contribution in [1.29, 1.82) is 0 Å². The molecule has 0 amide bonds. The molecule has 0 bridgehead atoms. The van der Waals surface area contributed by atoms with Gasteiger partial charge in [-0.1, -0.05) is 37.2 Å². The second-order valence-corrected chi connectivity index (χ2v) is 6.74. The average molecular weight is 355 g/mol. The van der Waals surface area contributed by atoms with E-state index in [2.05, 4.69) is 41.3 Å². The summed E-state index contributed by atoms with van der Waals surface area (Å²) in [5.74, 6) is 2.06. The zero-order valence-corrected chi connectivity index (χ0v) is 15.6. The van der Waals surface area contributed by atoms with Gasteiger partial charge in [-0.3, -0.25) is 0 Å². The van der Waals surface area contributed by atoms with E-state index in [0.717, 1.165) is 5.69 Å². The lowest BCUT2D eigenvalue weighted by atomic mass is 10.2. The highest BCUT2D eigenvalue weighted by molar-refractivity contribution is 5.57. The number of rotatable bonds is 8. The van der Waals surface area contributed by atoms with Crippen LogP contribution in [-0.4, -0.2) is 39.6 Å². The monoisotopic (exact) mass is 355 g/mol. The molecule has 0 saturated carbocycles. The Kier molecular flexibility index (Phi) is 5.68. The minimum atomic E-state index is 0.263. The van der Waals surface area contributed by atoms with Gasteiger partial charge in [0.2, 0.25) is 0 Å². The molecule has 7 heteroatoms. The van der Waals surface area contributed by atoms with E-state index in [1.54, 1.807) is 4.68 Å². The highest BCUT2D eigenvalue weighted by Crippen LogP contribution is 2.29. The highest BCUT2D eigenvalue weighted by atomic mass is 16.5. The molecule has 0 radical (unpaired) electrons. The number of para-hydroxylation sites is 1. The fourth-order valence-corrected chi connectivity index (χ4v) is 2.39. The summed E-state index contributed by atoms with van der Waals surface area (Å²) in [4.78, 5) is 4.49. The van der Waals surface area contributed by atoms with Crippen molar-refractivity contribution in [3.63, 3.8) is 0 Å². The Morgan fingerprint density at radius 1 is 1.19 bits per heavy atom. The number of benzene rings is 1. The van der Waals surface area contributed by atoms with Gasteiger partial charge in [0.25, 0.3) is 5.89 Å². The van der Waals surface area contributed by atoms with Crippen molar-refractivity contribution in [2.45, 2.75) is 33.2 Å². The summed E-state index contributed by atoms with van der Waals surface area (Å²) in [5.41, 5.74) is 1.50. The molecule has 1 N–H and O–H groups in total. The van der Waals surface area contributed by atoms with E-state index in [-0.39, 0.29) is 6.04 Å². The second kappa shape index (κ2) is 8.14. The summed E-state index contributed by atoms with van der Waals surface area (Å²) in [6.45, 7) is 6.86. The molecule has 0 fully saturated rings. The number of ether oxygens (including phenoxy) is 1. The normalized spacial score (nSPS) is 12.5. The lowest BCUT2D eigenvalue weighted by molar-refractivity contribution is 0.271. The standard InChI is InChI=1S/C19H25N5O2/c1-13(2)12-25-16-11-24(15-8-6-5-7-9-15)22-18(16)19-21-17(23-26-19)10-14(3)20-4/h5-9,11,13-14,20H,10,12H2,1-4H3. The molecular weight excluding hydrogens is 330 g/mol. The quantitative estimate of drug-likeness (QED) is 0.669. The van der Waals surface area contributed by atoms with Gasteiger partial charge in [-0.2, -0.15) is 10.1 Å². The van der Waals surface area contributed by atoms with Gasteiger partial charge in [0.1, 0.15) is 0 Å². The number of nitrogens with zero attached hydrogens (tertiary/aromatic N) is 4. The lowest BCUT2D eigenvalue weighted by Crippen LogP contribution is -2.24. The molecule has 7 nitrogen and oxygen atoms in total. The van der Waals surface area contributed by atoms with Crippen LogP contribution in [-0.2, 0) is 6.42 Å². The maximum atomic E-state index is 5.94. The van der Waals surface area contributed by atoms with Gasteiger partial charge in [-0.25, -0.2) is 4.68 Å². The lowest BCUT2D eigenvalue weighted by Gasteiger charge is -2.06. The molecule has 0 spiro atoms. The third-order valence-corrected chi connectivity index (χ3v) is 3.93. The molecule has 1 unspecified atom stereocenters. The molecule has 2 heterocycles. The molecule has 3 aromatic rings. The van der Waals surface area contributed by atoms with Crippen LogP contribution in [0.1, 0.15) is 26.6 Å². The number of likely N-dealkylation sites (N-methyl/N-ethyl adjacent to an activating group) is 1. The molecule has 1 atom stereocenters. The summed E-state index contributed by atoms with van der Waals surface area (Å²) in [5, 5.41) is 11.9. The van der Waals surface area contributed by atoms with Crippen molar-refractivity contribution in [3.05, 3.63) is 42.4 Å². The predicted octanol–water partition coefficient (Wildman–Crippen LogP) is 3.11. The van der Waals surface area contributed by atoms with Crippen molar-refractivity contribution in [1.82, 2.24) is 25.2 Å². The fraction of sp³-hybridized carbons (Fsp3) is 0.421. The molecule has 1 aromatic carbocycles. The van der Waals surface area contributed by atoms with Gasteiger partial charge in [0.15, 0.2) is 17.3 Å². The Hall–Kier alpha value is -2.67. The Morgan fingerprint density at radius 2 is 1.96 bits per heavy atom. The average Bonchev–Trinajstić information content (AvgIpc) is 3.27. The molecule has 0 saturated heterocycles. The molecule has 2 aromatic heterocycles. The summed E-state index contributed by atoms with van der Waals surface area (Å²) in [7, 11) is 1.91. The maximum absolute atomic E-state index is 5.94. The molecular formula is C19H25N5O2. The van der Waals surface area contributed by atoms with Crippen LogP contribution in [0.4, 0.5) is 0 Å². The smallest absolute Gasteiger partial charge is 0.282 e. The van der Waals surface area contributed by atoms with Crippen LogP contribution < -0.4 is 10.1 Å². The largest absolute Gasteiger partial charge is 0.489 e. The molecule has 0 aliphatic carbocycles. The van der Waals surface area contributed by atoms with E-state index in [4.69, 9.17) is 9.26 Å². The number of hydrogen-bond acceptors (Lipinski definition) is 6. The Labute approximate surface area is 153 Å². The predicted molar refractivity (Wildman–Crippen MR) is 99.4 cm³/mol. The van der Waals surface area contributed by atoms with E-state index in [1.807, 2.05) is 43.6 Å². The van der Waals surface area contributed by atoms with E-state index in [9.17, 15) is 0 Å². The van der Waals surface area contributed by atoms with Crippen LogP contribution in [0.5, 0.6) is 5.75 Å². The SMILES string of the molecule is CNC(C)Cc1noc(-c2nn(-c3ccccc3)cc2OCC(C)C)n1. The maximum Gasteiger partial charge on any atom is 0.282 e. The van der Waals surface area contributed by atoms with E-state index in [0.29, 0.717) is 42.1 Å².